The molecule has 2 nitrogen and oxygen atoms in total. The van der Waals surface area contributed by atoms with E-state index in [2.05, 4.69) is 25.2 Å². The van der Waals surface area contributed by atoms with Gasteiger partial charge in [-0.1, -0.05) is 37.3 Å². The first kappa shape index (κ1) is 12.3. The fraction of sp³-hybridized carbons (Fsp3) is 0.357. The average Bonchev–Trinajstić information content (AvgIpc) is 2.75. The molecule has 1 aliphatic heterocycles. The van der Waals surface area contributed by atoms with Crippen molar-refractivity contribution in [2.24, 2.45) is 0 Å². The first-order chi connectivity index (χ1) is 8.13. The average molecular weight is 247 g/mol. The number of aliphatic hydroxyl groups excluding tert-OH is 1. The predicted octanol–water partition coefficient (Wildman–Crippen LogP) is 2.80. The number of rotatable bonds is 3. The molecule has 90 valence electrons. The highest BCUT2D eigenvalue weighted by Crippen LogP contribution is 2.31. The minimum absolute atomic E-state index is 0.0993. The monoisotopic (exact) mass is 247 g/mol. The van der Waals surface area contributed by atoms with Crippen LogP contribution in [0.2, 0.25) is 0 Å². The van der Waals surface area contributed by atoms with E-state index in [0.29, 0.717) is 5.92 Å². The number of benzene rings is 1. The Labute approximate surface area is 107 Å². The van der Waals surface area contributed by atoms with Crippen molar-refractivity contribution in [3.8, 4) is 0 Å². The van der Waals surface area contributed by atoms with Gasteiger partial charge in [-0.15, -0.1) is 0 Å². The van der Waals surface area contributed by atoms with E-state index < -0.39 is 0 Å². The Morgan fingerprint density at radius 3 is 2.82 bits per heavy atom. The molecular weight excluding hydrogens is 230 g/mol. The largest absolute Gasteiger partial charge is 0.392 e. The second-order valence-corrected chi connectivity index (χ2v) is 4.97. The summed E-state index contributed by atoms with van der Waals surface area (Å²) in [7, 11) is 0. The minimum atomic E-state index is 0.0993. The van der Waals surface area contributed by atoms with E-state index in [0.717, 1.165) is 17.0 Å². The van der Waals surface area contributed by atoms with Crippen LogP contribution in [0, 0.1) is 6.92 Å². The Bertz CT molecular complexity index is 479. The summed E-state index contributed by atoms with van der Waals surface area (Å²) in [6.45, 7) is 4.35. The van der Waals surface area contributed by atoms with E-state index in [-0.39, 0.29) is 6.61 Å². The fourth-order valence-electron chi connectivity index (χ4n) is 2.28. The maximum atomic E-state index is 9.28. The highest BCUT2D eigenvalue weighted by Gasteiger charge is 2.19. The molecule has 0 amide bonds. The molecule has 17 heavy (non-hydrogen) atoms. The topological polar surface area (TPSA) is 32.3 Å². The van der Waals surface area contributed by atoms with Crippen molar-refractivity contribution in [3.05, 3.63) is 46.7 Å². The lowest BCUT2D eigenvalue weighted by molar-refractivity contribution is 0.281. The zero-order valence-electron chi connectivity index (χ0n) is 10.2. The van der Waals surface area contributed by atoms with Crippen LogP contribution >= 0.6 is 12.2 Å². The number of aliphatic hydroxyl groups is 1. The normalized spacial score (nSPS) is 16.6. The van der Waals surface area contributed by atoms with Crippen molar-refractivity contribution in [2.45, 2.75) is 32.8 Å². The molecule has 1 atom stereocenters. The molecule has 0 unspecified atom stereocenters. The molecule has 0 spiro atoms. The molecule has 1 aromatic carbocycles. The molecule has 0 bridgehead atoms. The van der Waals surface area contributed by atoms with Crippen LogP contribution in [-0.4, -0.2) is 10.1 Å². The van der Waals surface area contributed by atoms with Crippen molar-refractivity contribution >= 4 is 17.2 Å². The molecule has 1 aliphatic rings. The summed E-state index contributed by atoms with van der Waals surface area (Å²) in [4.78, 5) is 0.891. The fourth-order valence-corrected chi connectivity index (χ4v) is 2.51. The Morgan fingerprint density at radius 2 is 2.24 bits per heavy atom. The summed E-state index contributed by atoms with van der Waals surface area (Å²) in [5.74, 6) is 0.342. The number of nitrogens with one attached hydrogen (secondary N) is 1. The molecule has 2 N–H and O–H groups in total. The standard InChI is InChI=1S/C14H17NOS/c1-9-11(8-16)4-3-5-13(9)10(2)12-6-14(17)15-7-12/h3-5,7,10,16H,6,8H2,1-2H3,(H,15,17)/t10-/m1/s1. The van der Waals surface area contributed by atoms with E-state index in [1.807, 2.05) is 18.3 Å². The van der Waals surface area contributed by atoms with Crippen LogP contribution in [0.1, 0.15) is 36.0 Å². The molecule has 0 saturated heterocycles. The van der Waals surface area contributed by atoms with E-state index >= 15 is 0 Å². The zero-order valence-corrected chi connectivity index (χ0v) is 11.0. The Hall–Kier alpha value is -1.19. The van der Waals surface area contributed by atoms with Gasteiger partial charge in [0.05, 0.1) is 11.6 Å². The lowest BCUT2D eigenvalue weighted by Crippen LogP contribution is -2.06. The quantitative estimate of drug-likeness (QED) is 0.806. The van der Waals surface area contributed by atoms with Crippen LogP contribution in [0.4, 0.5) is 0 Å². The maximum Gasteiger partial charge on any atom is 0.0834 e. The summed E-state index contributed by atoms with van der Waals surface area (Å²) in [6.07, 6.45) is 2.86. The Morgan fingerprint density at radius 1 is 1.47 bits per heavy atom. The van der Waals surface area contributed by atoms with Crippen molar-refractivity contribution in [3.63, 3.8) is 0 Å². The van der Waals surface area contributed by atoms with Crippen molar-refractivity contribution in [1.29, 1.82) is 0 Å². The van der Waals surface area contributed by atoms with E-state index in [9.17, 15) is 5.11 Å². The molecule has 0 fully saturated rings. The summed E-state index contributed by atoms with van der Waals surface area (Å²) < 4.78 is 0. The van der Waals surface area contributed by atoms with E-state index in [4.69, 9.17) is 12.2 Å². The van der Waals surface area contributed by atoms with Crippen LogP contribution < -0.4 is 5.32 Å². The highest BCUT2D eigenvalue weighted by atomic mass is 32.1. The van der Waals surface area contributed by atoms with Crippen molar-refractivity contribution in [1.82, 2.24) is 5.32 Å². The summed E-state index contributed by atoms with van der Waals surface area (Å²) in [6, 6.07) is 6.10. The van der Waals surface area contributed by atoms with Gasteiger partial charge in [-0.25, -0.2) is 0 Å². The van der Waals surface area contributed by atoms with Gasteiger partial charge >= 0.3 is 0 Å². The smallest absolute Gasteiger partial charge is 0.0834 e. The van der Waals surface area contributed by atoms with Gasteiger partial charge in [-0.2, -0.15) is 0 Å². The molecule has 0 aliphatic carbocycles. The van der Waals surface area contributed by atoms with Gasteiger partial charge < -0.3 is 10.4 Å². The van der Waals surface area contributed by atoms with Crippen molar-refractivity contribution in [2.75, 3.05) is 0 Å². The number of hydrogen-bond donors (Lipinski definition) is 2. The van der Waals surface area contributed by atoms with Gasteiger partial charge in [-0.3, -0.25) is 0 Å². The molecule has 0 saturated carbocycles. The Kier molecular flexibility index (Phi) is 3.60. The first-order valence-electron chi connectivity index (χ1n) is 5.81. The lowest BCUT2D eigenvalue weighted by Gasteiger charge is -2.17. The van der Waals surface area contributed by atoms with Gasteiger partial charge in [0.15, 0.2) is 0 Å². The van der Waals surface area contributed by atoms with Gasteiger partial charge in [0, 0.05) is 18.5 Å². The molecular formula is C14H17NOS. The van der Waals surface area contributed by atoms with Gasteiger partial charge in [0.25, 0.3) is 0 Å². The van der Waals surface area contributed by atoms with Crippen LogP contribution in [0.5, 0.6) is 0 Å². The third-order valence-corrected chi connectivity index (χ3v) is 3.73. The maximum absolute atomic E-state index is 9.28. The third kappa shape index (κ3) is 2.40. The second kappa shape index (κ2) is 4.98. The summed E-state index contributed by atoms with van der Waals surface area (Å²) >= 11 is 5.14. The second-order valence-electron chi connectivity index (χ2n) is 4.47. The predicted molar refractivity (Wildman–Crippen MR) is 74.0 cm³/mol. The van der Waals surface area contributed by atoms with Crippen LogP contribution in [-0.2, 0) is 6.61 Å². The number of thiocarbonyl (C=S) groups is 1. The zero-order chi connectivity index (χ0) is 12.4. The summed E-state index contributed by atoms with van der Waals surface area (Å²) in [5.41, 5.74) is 4.77. The van der Waals surface area contributed by atoms with Gasteiger partial charge in [0.1, 0.15) is 0 Å². The third-order valence-electron chi connectivity index (χ3n) is 3.46. The van der Waals surface area contributed by atoms with Crippen LogP contribution in [0.15, 0.2) is 30.0 Å². The Balaban J connectivity index is 2.31. The molecule has 0 radical (unpaired) electrons. The van der Waals surface area contributed by atoms with Gasteiger partial charge in [-0.05, 0) is 29.2 Å². The number of hydrogen-bond acceptors (Lipinski definition) is 2. The first-order valence-corrected chi connectivity index (χ1v) is 6.22. The molecule has 0 aromatic heterocycles. The van der Waals surface area contributed by atoms with Crippen LogP contribution in [0.3, 0.4) is 0 Å². The van der Waals surface area contributed by atoms with E-state index in [1.54, 1.807) is 0 Å². The molecule has 3 heteroatoms. The SMILES string of the molecule is Cc1c(CO)cccc1[C@H](C)C1=CNC(=S)C1. The van der Waals surface area contributed by atoms with Gasteiger partial charge in [0.2, 0.25) is 0 Å². The summed E-state index contributed by atoms with van der Waals surface area (Å²) in [5, 5.41) is 12.4. The molecule has 2 rings (SSSR count). The lowest BCUT2D eigenvalue weighted by atomic mass is 9.88. The van der Waals surface area contributed by atoms with Crippen LogP contribution in [0.25, 0.3) is 0 Å². The molecule has 1 heterocycles. The molecule has 1 aromatic rings. The van der Waals surface area contributed by atoms with E-state index in [1.165, 1.54) is 16.7 Å². The highest BCUT2D eigenvalue weighted by molar-refractivity contribution is 7.80. The van der Waals surface area contributed by atoms with Crippen molar-refractivity contribution < 1.29 is 5.11 Å². The minimum Gasteiger partial charge on any atom is -0.392 e.